The van der Waals surface area contributed by atoms with Gasteiger partial charge >= 0.3 is 12.1 Å². The smallest absolute Gasteiger partial charge is 0.411 e. The number of alkyl halides is 1. The van der Waals surface area contributed by atoms with E-state index >= 15 is 0 Å². The van der Waals surface area contributed by atoms with Gasteiger partial charge in [0.2, 0.25) is 0 Å². The van der Waals surface area contributed by atoms with Crippen LogP contribution in [-0.4, -0.2) is 40.7 Å². The van der Waals surface area contributed by atoms with Crippen molar-refractivity contribution in [2.45, 2.75) is 58.1 Å². The van der Waals surface area contributed by atoms with Crippen LogP contribution in [0.25, 0.3) is 0 Å². The third-order valence-corrected chi connectivity index (χ3v) is 3.36. The van der Waals surface area contributed by atoms with Gasteiger partial charge in [0.1, 0.15) is 11.1 Å². The van der Waals surface area contributed by atoms with Crippen LogP contribution in [0.2, 0.25) is 0 Å². The van der Waals surface area contributed by atoms with Crippen molar-refractivity contribution in [1.29, 1.82) is 0 Å². The highest BCUT2D eigenvalue weighted by Gasteiger charge is 2.50. The van der Waals surface area contributed by atoms with Crippen molar-refractivity contribution in [2.24, 2.45) is 0 Å². The molecule has 0 spiro atoms. The van der Waals surface area contributed by atoms with Crippen molar-refractivity contribution in [3.8, 4) is 0 Å². The largest absolute Gasteiger partial charge is 0.448 e. The van der Waals surface area contributed by atoms with Gasteiger partial charge in [0.25, 0.3) is 0 Å². The fourth-order valence-corrected chi connectivity index (χ4v) is 2.47. The molecule has 1 atom stereocenters. The molecular formula is C13H22ClNO4. The van der Waals surface area contributed by atoms with Crippen molar-refractivity contribution in [3.63, 3.8) is 0 Å². The molecule has 1 unspecified atom stereocenters. The van der Waals surface area contributed by atoms with Crippen molar-refractivity contribution in [3.05, 3.63) is 0 Å². The summed E-state index contributed by atoms with van der Waals surface area (Å²) in [4.78, 5) is 25.8. The number of amides is 1. The van der Waals surface area contributed by atoms with Crippen LogP contribution in [0.3, 0.4) is 0 Å². The summed E-state index contributed by atoms with van der Waals surface area (Å²) in [5, 5.41) is 0. The molecule has 0 radical (unpaired) electrons. The average Bonchev–Trinajstić information content (AvgIpc) is 2.71. The van der Waals surface area contributed by atoms with E-state index < -0.39 is 23.2 Å². The lowest BCUT2D eigenvalue weighted by Gasteiger charge is -2.36. The molecular weight excluding hydrogens is 270 g/mol. The number of esters is 1. The van der Waals surface area contributed by atoms with Crippen LogP contribution in [0.4, 0.5) is 4.79 Å². The Balaban J connectivity index is 2.92. The number of hydrogen-bond acceptors (Lipinski definition) is 4. The highest BCUT2D eigenvalue weighted by Crippen LogP contribution is 2.35. The Morgan fingerprint density at radius 1 is 1.37 bits per heavy atom. The minimum Gasteiger partial charge on any atom is -0.448 e. The molecule has 6 heteroatoms. The molecule has 1 rings (SSSR count). The summed E-state index contributed by atoms with van der Waals surface area (Å²) in [6.07, 6.45) is 1.35. The lowest BCUT2D eigenvalue weighted by Crippen LogP contribution is -2.54. The molecule has 19 heavy (non-hydrogen) atoms. The van der Waals surface area contributed by atoms with Gasteiger partial charge in [-0.1, -0.05) is 18.5 Å². The van der Waals surface area contributed by atoms with Gasteiger partial charge in [-0.2, -0.15) is 0 Å². The third kappa shape index (κ3) is 3.53. The predicted molar refractivity (Wildman–Crippen MR) is 72.0 cm³/mol. The molecule has 110 valence electrons. The van der Waals surface area contributed by atoms with Crippen molar-refractivity contribution in [2.75, 3.05) is 12.6 Å². The number of nitrogens with zero attached hydrogens (tertiary/aromatic N) is 1. The SMILES string of the molecule is CCC1(C(=O)OCCl)CCCN1C(=O)OC(C)(C)C. The van der Waals surface area contributed by atoms with Gasteiger partial charge in [-0.05, 0) is 40.0 Å². The Morgan fingerprint density at radius 2 is 2.00 bits per heavy atom. The standard InChI is InChI=1S/C13H22ClNO4/c1-5-13(10(16)18-9-14)7-6-8-15(13)11(17)19-12(2,3)4/h5-9H2,1-4H3. The zero-order valence-electron chi connectivity index (χ0n) is 12.0. The van der Waals surface area contributed by atoms with Crippen molar-refractivity contribution in [1.82, 2.24) is 4.90 Å². The highest BCUT2D eigenvalue weighted by molar-refractivity contribution is 6.17. The Kier molecular flexibility index (Phi) is 5.07. The first-order valence-electron chi connectivity index (χ1n) is 6.50. The molecule has 0 aromatic carbocycles. The second-order valence-corrected chi connectivity index (χ2v) is 5.88. The number of carbonyl (C=O) groups excluding carboxylic acids is 2. The first kappa shape index (κ1) is 16.1. The fraction of sp³-hybridized carbons (Fsp3) is 0.846. The van der Waals surface area contributed by atoms with Gasteiger partial charge in [0.15, 0.2) is 6.07 Å². The van der Waals surface area contributed by atoms with Gasteiger partial charge in [-0.25, -0.2) is 9.59 Å². The van der Waals surface area contributed by atoms with Crippen LogP contribution in [0.1, 0.15) is 47.0 Å². The predicted octanol–water partition coefficient (Wildman–Crippen LogP) is 2.91. The second kappa shape index (κ2) is 5.99. The van der Waals surface area contributed by atoms with Gasteiger partial charge in [0.05, 0.1) is 0 Å². The van der Waals surface area contributed by atoms with E-state index in [-0.39, 0.29) is 6.07 Å². The topological polar surface area (TPSA) is 55.8 Å². The molecule has 0 aliphatic carbocycles. The zero-order valence-corrected chi connectivity index (χ0v) is 12.7. The number of ether oxygens (including phenoxy) is 2. The molecule has 1 fully saturated rings. The molecule has 1 aliphatic rings. The Morgan fingerprint density at radius 3 is 2.47 bits per heavy atom. The van der Waals surface area contributed by atoms with E-state index in [0.717, 1.165) is 6.42 Å². The molecule has 0 N–H and O–H groups in total. The van der Waals surface area contributed by atoms with E-state index in [1.165, 1.54) is 4.90 Å². The average molecular weight is 292 g/mol. The molecule has 0 saturated carbocycles. The van der Waals surface area contributed by atoms with Crippen LogP contribution < -0.4 is 0 Å². The van der Waals surface area contributed by atoms with E-state index in [4.69, 9.17) is 21.1 Å². The lowest BCUT2D eigenvalue weighted by atomic mass is 9.93. The van der Waals surface area contributed by atoms with Crippen molar-refractivity contribution >= 4 is 23.7 Å². The van der Waals surface area contributed by atoms with E-state index in [0.29, 0.717) is 19.4 Å². The maximum atomic E-state index is 12.2. The Labute approximate surface area is 119 Å². The molecule has 1 aliphatic heterocycles. The minimum absolute atomic E-state index is 0.206. The van der Waals surface area contributed by atoms with Crippen LogP contribution in [0.15, 0.2) is 0 Å². The number of hydrogen-bond donors (Lipinski definition) is 0. The van der Waals surface area contributed by atoms with E-state index in [9.17, 15) is 9.59 Å². The van der Waals surface area contributed by atoms with Crippen LogP contribution in [0.5, 0.6) is 0 Å². The van der Waals surface area contributed by atoms with Gasteiger partial charge < -0.3 is 9.47 Å². The summed E-state index contributed by atoms with van der Waals surface area (Å²) in [5.74, 6) is -0.451. The Hall–Kier alpha value is -0.970. The highest BCUT2D eigenvalue weighted by atomic mass is 35.5. The van der Waals surface area contributed by atoms with Crippen LogP contribution in [0, 0.1) is 0 Å². The maximum Gasteiger partial charge on any atom is 0.411 e. The van der Waals surface area contributed by atoms with E-state index in [1.807, 2.05) is 6.92 Å². The first-order valence-corrected chi connectivity index (χ1v) is 7.04. The summed E-state index contributed by atoms with van der Waals surface area (Å²) in [7, 11) is 0. The number of halogens is 1. The molecule has 1 amide bonds. The van der Waals surface area contributed by atoms with Crippen LogP contribution in [-0.2, 0) is 14.3 Å². The van der Waals surface area contributed by atoms with E-state index in [2.05, 4.69) is 0 Å². The maximum absolute atomic E-state index is 12.2. The number of carbonyl (C=O) groups is 2. The first-order chi connectivity index (χ1) is 8.77. The number of likely N-dealkylation sites (tertiary alicyclic amines) is 1. The third-order valence-electron chi connectivity index (χ3n) is 3.25. The second-order valence-electron chi connectivity index (χ2n) is 5.66. The zero-order chi connectivity index (χ0) is 14.7. The van der Waals surface area contributed by atoms with E-state index in [1.54, 1.807) is 20.8 Å². The normalized spacial score (nSPS) is 23.3. The Bertz CT molecular complexity index is 353. The fourth-order valence-electron chi connectivity index (χ4n) is 2.37. The summed E-state index contributed by atoms with van der Waals surface area (Å²) in [6, 6.07) is -0.206. The van der Waals surface area contributed by atoms with Crippen LogP contribution >= 0.6 is 11.6 Å². The molecule has 0 bridgehead atoms. The minimum atomic E-state index is -0.933. The lowest BCUT2D eigenvalue weighted by molar-refractivity contribution is -0.154. The molecule has 1 heterocycles. The quantitative estimate of drug-likeness (QED) is 0.592. The molecule has 0 aromatic rings. The molecule has 5 nitrogen and oxygen atoms in total. The van der Waals surface area contributed by atoms with Gasteiger partial charge in [0, 0.05) is 6.54 Å². The summed E-state index contributed by atoms with van der Waals surface area (Å²) in [6.45, 7) is 7.75. The summed E-state index contributed by atoms with van der Waals surface area (Å²) >= 11 is 5.45. The van der Waals surface area contributed by atoms with Gasteiger partial charge in [-0.15, -0.1) is 0 Å². The number of rotatable bonds is 3. The molecule has 0 aromatic heterocycles. The summed E-state index contributed by atoms with van der Waals surface area (Å²) < 4.78 is 10.3. The monoisotopic (exact) mass is 291 g/mol. The van der Waals surface area contributed by atoms with Gasteiger partial charge in [-0.3, -0.25) is 4.90 Å². The van der Waals surface area contributed by atoms with Crippen molar-refractivity contribution < 1.29 is 19.1 Å². The molecule has 1 saturated heterocycles. The summed E-state index contributed by atoms with van der Waals surface area (Å²) in [5.41, 5.74) is -1.52.